The van der Waals surface area contributed by atoms with E-state index in [-0.39, 0.29) is 25.1 Å². The van der Waals surface area contributed by atoms with Crippen molar-refractivity contribution in [1.82, 2.24) is 5.32 Å². The van der Waals surface area contributed by atoms with Gasteiger partial charge < -0.3 is 10.1 Å². The van der Waals surface area contributed by atoms with Crippen LogP contribution in [0.15, 0.2) is 0 Å². The van der Waals surface area contributed by atoms with Gasteiger partial charge in [0.05, 0.1) is 11.5 Å². The standard InChI is InChI=1S/C11H20FNO4S/c1-10(2,3)17-9(14)13-6-4-11(12)5-7-18(15,16)8-11/h4-8H2,1-3H3,(H,13,14). The number of halogens is 1. The largest absolute Gasteiger partial charge is 0.444 e. The third-order valence-corrected chi connectivity index (χ3v) is 4.36. The van der Waals surface area contributed by atoms with Gasteiger partial charge in [-0.2, -0.15) is 0 Å². The second-order valence-electron chi connectivity index (χ2n) is 5.67. The molecule has 0 radical (unpaired) electrons. The maximum Gasteiger partial charge on any atom is 0.407 e. The van der Waals surface area contributed by atoms with Crippen LogP contribution in [0.5, 0.6) is 0 Å². The molecule has 1 aliphatic rings. The lowest BCUT2D eigenvalue weighted by Crippen LogP contribution is -2.36. The molecule has 1 rings (SSSR count). The third kappa shape index (κ3) is 5.20. The Morgan fingerprint density at radius 1 is 1.44 bits per heavy atom. The number of amides is 1. The molecule has 1 aliphatic heterocycles. The Balaban J connectivity index is 2.33. The minimum atomic E-state index is -3.25. The lowest BCUT2D eigenvalue weighted by atomic mass is 10.0. The molecule has 1 atom stereocenters. The minimum absolute atomic E-state index is 0.00529. The molecule has 1 unspecified atom stereocenters. The summed E-state index contributed by atoms with van der Waals surface area (Å²) in [7, 11) is -3.25. The Morgan fingerprint density at radius 2 is 2.06 bits per heavy atom. The number of alkyl halides is 1. The zero-order valence-corrected chi connectivity index (χ0v) is 11.8. The van der Waals surface area contributed by atoms with Crippen molar-refractivity contribution in [2.24, 2.45) is 0 Å². The molecule has 1 heterocycles. The first-order valence-corrected chi connectivity index (χ1v) is 7.70. The van der Waals surface area contributed by atoms with Gasteiger partial charge >= 0.3 is 6.09 Å². The number of hydrogen-bond acceptors (Lipinski definition) is 4. The molecule has 5 nitrogen and oxygen atoms in total. The molecule has 0 saturated carbocycles. The number of nitrogens with one attached hydrogen (secondary N) is 1. The monoisotopic (exact) mass is 281 g/mol. The molecule has 0 aromatic carbocycles. The number of hydrogen-bond donors (Lipinski definition) is 1. The number of alkyl carbamates (subject to hydrolysis) is 1. The van der Waals surface area contributed by atoms with Crippen LogP contribution in [0, 0.1) is 0 Å². The smallest absolute Gasteiger partial charge is 0.407 e. The van der Waals surface area contributed by atoms with Gasteiger partial charge in [-0.3, -0.25) is 0 Å². The van der Waals surface area contributed by atoms with Crippen LogP contribution in [0.4, 0.5) is 9.18 Å². The van der Waals surface area contributed by atoms with Gasteiger partial charge in [0.25, 0.3) is 0 Å². The highest BCUT2D eigenvalue weighted by Gasteiger charge is 2.42. The van der Waals surface area contributed by atoms with Crippen molar-refractivity contribution in [2.75, 3.05) is 18.1 Å². The van der Waals surface area contributed by atoms with Crippen molar-refractivity contribution in [2.45, 2.75) is 44.9 Å². The maximum atomic E-state index is 14.0. The Morgan fingerprint density at radius 3 is 2.50 bits per heavy atom. The van der Waals surface area contributed by atoms with Crippen LogP contribution >= 0.6 is 0 Å². The van der Waals surface area contributed by atoms with Gasteiger partial charge in [0.15, 0.2) is 9.84 Å². The number of ether oxygens (including phenoxy) is 1. The van der Waals surface area contributed by atoms with E-state index in [0.717, 1.165) is 0 Å². The average Bonchev–Trinajstić information content (AvgIpc) is 2.37. The van der Waals surface area contributed by atoms with Gasteiger partial charge in [-0.25, -0.2) is 17.6 Å². The molecule has 0 spiro atoms. The van der Waals surface area contributed by atoms with E-state index in [1.54, 1.807) is 20.8 Å². The van der Waals surface area contributed by atoms with Crippen LogP contribution in [0.25, 0.3) is 0 Å². The maximum absolute atomic E-state index is 14.0. The van der Waals surface area contributed by atoms with E-state index in [1.807, 2.05) is 0 Å². The highest BCUT2D eigenvalue weighted by molar-refractivity contribution is 7.91. The normalized spacial score (nSPS) is 26.9. The molecule has 0 aromatic heterocycles. The van der Waals surface area contributed by atoms with E-state index in [0.29, 0.717) is 0 Å². The Labute approximate surface area is 107 Å². The summed E-state index contributed by atoms with van der Waals surface area (Å²) in [6.45, 7) is 5.26. The van der Waals surface area contributed by atoms with E-state index < -0.39 is 33.0 Å². The van der Waals surface area contributed by atoms with Crippen molar-refractivity contribution in [3.8, 4) is 0 Å². The zero-order valence-electron chi connectivity index (χ0n) is 11.0. The van der Waals surface area contributed by atoms with Gasteiger partial charge in [-0.05, 0) is 33.6 Å². The summed E-state index contributed by atoms with van der Waals surface area (Å²) < 4.78 is 41.4. The summed E-state index contributed by atoms with van der Waals surface area (Å²) >= 11 is 0. The summed E-state index contributed by atoms with van der Waals surface area (Å²) in [6, 6.07) is 0. The predicted molar refractivity (Wildman–Crippen MR) is 66.0 cm³/mol. The summed E-state index contributed by atoms with van der Waals surface area (Å²) in [4.78, 5) is 11.3. The molecule has 0 aliphatic carbocycles. The molecular weight excluding hydrogens is 261 g/mol. The molecule has 106 valence electrons. The van der Waals surface area contributed by atoms with Crippen LogP contribution in [0.2, 0.25) is 0 Å². The van der Waals surface area contributed by atoms with Gasteiger partial charge in [0.1, 0.15) is 11.3 Å². The fraction of sp³-hybridized carbons (Fsp3) is 0.909. The molecule has 7 heteroatoms. The Kier molecular flexibility index (Phi) is 4.25. The first-order chi connectivity index (χ1) is 8.02. The predicted octanol–water partition coefficient (Wildman–Crippen LogP) is 1.43. The summed E-state index contributed by atoms with van der Waals surface area (Å²) in [5.74, 6) is -0.564. The highest BCUT2D eigenvalue weighted by Crippen LogP contribution is 2.30. The van der Waals surface area contributed by atoms with Crippen molar-refractivity contribution < 1.29 is 22.3 Å². The zero-order chi connectivity index (χ0) is 14.0. The average molecular weight is 281 g/mol. The lowest BCUT2D eigenvalue weighted by Gasteiger charge is -2.21. The number of rotatable bonds is 3. The first-order valence-electron chi connectivity index (χ1n) is 5.88. The molecule has 1 N–H and O–H groups in total. The molecule has 0 bridgehead atoms. The molecule has 1 fully saturated rings. The number of sulfone groups is 1. The summed E-state index contributed by atoms with van der Waals surface area (Å²) in [5.41, 5.74) is -2.32. The van der Waals surface area contributed by atoms with E-state index in [4.69, 9.17) is 4.74 Å². The van der Waals surface area contributed by atoms with E-state index >= 15 is 0 Å². The fourth-order valence-electron chi connectivity index (χ4n) is 1.78. The minimum Gasteiger partial charge on any atom is -0.444 e. The Hall–Kier alpha value is -0.850. The summed E-state index contributed by atoms with van der Waals surface area (Å²) in [5, 5.41) is 2.42. The molecule has 1 amide bonds. The number of carbonyl (C=O) groups is 1. The van der Waals surface area contributed by atoms with Gasteiger partial charge in [-0.15, -0.1) is 0 Å². The second-order valence-corrected chi connectivity index (χ2v) is 7.86. The molecule has 18 heavy (non-hydrogen) atoms. The van der Waals surface area contributed by atoms with E-state index in [9.17, 15) is 17.6 Å². The first kappa shape index (κ1) is 15.2. The summed E-state index contributed by atoms with van der Waals surface area (Å²) in [6.07, 6.45) is -0.622. The van der Waals surface area contributed by atoms with Crippen LogP contribution in [-0.2, 0) is 14.6 Å². The van der Waals surface area contributed by atoms with Gasteiger partial charge in [0.2, 0.25) is 0 Å². The molecular formula is C11H20FNO4S. The van der Waals surface area contributed by atoms with Crippen molar-refractivity contribution in [3.63, 3.8) is 0 Å². The van der Waals surface area contributed by atoms with Gasteiger partial charge in [0, 0.05) is 6.54 Å². The highest BCUT2D eigenvalue weighted by atomic mass is 32.2. The van der Waals surface area contributed by atoms with E-state index in [2.05, 4.69) is 5.32 Å². The van der Waals surface area contributed by atoms with Gasteiger partial charge in [-0.1, -0.05) is 0 Å². The van der Waals surface area contributed by atoms with Crippen LogP contribution in [0.3, 0.4) is 0 Å². The third-order valence-electron chi connectivity index (χ3n) is 2.58. The van der Waals surface area contributed by atoms with Crippen LogP contribution < -0.4 is 5.32 Å². The van der Waals surface area contributed by atoms with Crippen molar-refractivity contribution >= 4 is 15.9 Å². The Bertz CT molecular complexity index is 415. The lowest BCUT2D eigenvalue weighted by molar-refractivity contribution is 0.0517. The fourth-order valence-corrected chi connectivity index (χ4v) is 3.67. The van der Waals surface area contributed by atoms with E-state index in [1.165, 1.54) is 0 Å². The van der Waals surface area contributed by atoms with Crippen molar-refractivity contribution in [1.29, 1.82) is 0 Å². The number of carbonyl (C=O) groups excluding carboxylic acids is 1. The molecule has 0 aromatic rings. The van der Waals surface area contributed by atoms with Crippen molar-refractivity contribution in [3.05, 3.63) is 0 Å². The van der Waals surface area contributed by atoms with Crippen LogP contribution in [0.1, 0.15) is 33.6 Å². The SMILES string of the molecule is CC(C)(C)OC(=O)NCCC1(F)CCS(=O)(=O)C1. The molecule has 1 saturated heterocycles. The topological polar surface area (TPSA) is 72.5 Å². The second kappa shape index (κ2) is 5.03. The quantitative estimate of drug-likeness (QED) is 0.849. The van der Waals surface area contributed by atoms with Crippen LogP contribution in [-0.4, -0.2) is 43.8 Å².